The number of hydrogen-bond acceptors (Lipinski definition) is 3. The van der Waals surface area contributed by atoms with Gasteiger partial charge in [0, 0.05) is 31.5 Å². The molecule has 0 radical (unpaired) electrons. The third-order valence-corrected chi connectivity index (χ3v) is 4.15. The summed E-state index contributed by atoms with van der Waals surface area (Å²) in [6.45, 7) is 1.27. The molecule has 0 bridgehead atoms. The van der Waals surface area contributed by atoms with E-state index in [4.69, 9.17) is 9.84 Å². The zero-order valence-electron chi connectivity index (χ0n) is 13.2. The van der Waals surface area contributed by atoms with Gasteiger partial charge in [-0.1, -0.05) is 18.2 Å². The molecule has 0 aliphatic carbocycles. The third-order valence-electron chi connectivity index (χ3n) is 4.15. The van der Waals surface area contributed by atoms with Crippen LogP contribution in [0.2, 0.25) is 0 Å². The molecule has 1 aliphatic heterocycles. The molecule has 24 heavy (non-hydrogen) atoms. The molecule has 3 rings (SSSR count). The molecule has 1 fully saturated rings. The van der Waals surface area contributed by atoms with Gasteiger partial charge in [0.2, 0.25) is 0 Å². The highest BCUT2D eigenvalue weighted by atomic mass is 16.5. The zero-order chi connectivity index (χ0) is 16.9. The van der Waals surface area contributed by atoms with Gasteiger partial charge in [-0.05, 0) is 36.4 Å². The van der Waals surface area contributed by atoms with Crippen molar-refractivity contribution in [2.45, 2.75) is 18.9 Å². The van der Waals surface area contributed by atoms with Gasteiger partial charge in [0.05, 0.1) is 5.56 Å². The lowest BCUT2D eigenvalue weighted by Gasteiger charge is -2.32. The van der Waals surface area contributed by atoms with Gasteiger partial charge >= 0.3 is 5.97 Å². The van der Waals surface area contributed by atoms with Gasteiger partial charge in [-0.15, -0.1) is 0 Å². The Balaban J connectivity index is 1.56. The standard InChI is InChI=1S/C19H19NO4/c21-18(14-6-8-15(9-7-14)19(22)23)20-12-10-17(11-13-20)24-16-4-2-1-3-5-16/h1-9,17H,10-13H2,(H,22,23). The van der Waals surface area contributed by atoms with E-state index in [1.807, 2.05) is 30.3 Å². The number of para-hydroxylation sites is 1. The lowest BCUT2D eigenvalue weighted by molar-refractivity contribution is 0.0593. The molecule has 2 aromatic rings. The molecular weight excluding hydrogens is 306 g/mol. The van der Waals surface area contributed by atoms with Crippen molar-refractivity contribution in [2.24, 2.45) is 0 Å². The van der Waals surface area contributed by atoms with E-state index >= 15 is 0 Å². The van der Waals surface area contributed by atoms with Crippen LogP contribution in [0.25, 0.3) is 0 Å². The summed E-state index contributed by atoms with van der Waals surface area (Å²) in [6, 6.07) is 15.7. The number of rotatable bonds is 4. The fourth-order valence-corrected chi connectivity index (χ4v) is 2.81. The van der Waals surface area contributed by atoms with Crippen LogP contribution in [-0.2, 0) is 0 Å². The van der Waals surface area contributed by atoms with Gasteiger partial charge in [-0.2, -0.15) is 0 Å². The summed E-state index contributed by atoms with van der Waals surface area (Å²) < 4.78 is 5.93. The fraction of sp³-hybridized carbons (Fsp3) is 0.263. The number of carbonyl (C=O) groups is 2. The molecule has 2 aromatic carbocycles. The third kappa shape index (κ3) is 3.74. The van der Waals surface area contributed by atoms with Gasteiger partial charge in [0.15, 0.2) is 0 Å². The van der Waals surface area contributed by atoms with E-state index in [0.29, 0.717) is 18.7 Å². The molecule has 0 unspecified atom stereocenters. The van der Waals surface area contributed by atoms with E-state index in [0.717, 1.165) is 18.6 Å². The summed E-state index contributed by atoms with van der Waals surface area (Å²) in [5, 5.41) is 8.90. The highest BCUT2D eigenvalue weighted by Gasteiger charge is 2.24. The highest BCUT2D eigenvalue weighted by molar-refractivity contribution is 5.95. The van der Waals surface area contributed by atoms with Crippen LogP contribution in [0.5, 0.6) is 5.75 Å². The van der Waals surface area contributed by atoms with E-state index in [-0.39, 0.29) is 17.6 Å². The minimum Gasteiger partial charge on any atom is -0.490 e. The number of piperidine rings is 1. The van der Waals surface area contributed by atoms with Crippen molar-refractivity contribution >= 4 is 11.9 Å². The van der Waals surface area contributed by atoms with Crippen LogP contribution in [0.1, 0.15) is 33.6 Å². The minimum absolute atomic E-state index is 0.0647. The first-order chi connectivity index (χ1) is 11.6. The van der Waals surface area contributed by atoms with Crippen molar-refractivity contribution in [1.82, 2.24) is 4.90 Å². The second-order valence-corrected chi connectivity index (χ2v) is 5.80. The summed E-state index contributed by atoms with van der Waals surface area (Å²) in [7, 11) is 0. The molecule has 1 heterocycles. The van der Waals surface area contributed by atoms with Crippen LogP contribution in [0.15, 0.2) is 54.6 Å². The average molecular weight is 325 g/mol. The Morgan fingerprint density at radius 2 is 1.50 bits per heavy atom. The molecule has 1 amide bonds. The molecule has 1 saturated heterocycles. The van der Waals surface area contributed by atoms with Crippen LogP contribution in [0, 0.1) is 0 Å². The molecule has 0 atom stereocenters. The fourth-order valence-electron chi connectivity index (χ4n) is 2.81. The average Bonchev–Trinajstić information content (AvgIpc) is 2.63. The second kappa shape index (κ2) is 7.17. The van der Waals surface area contributed by atoms with Crippen molar-refractivity contribution in [3.05, 3.63) is 65.7 Å². The maximum Gasteiger partial charge on any atom is 0.335 e. The molecule has 5 heteroatoms. The lowest BCUT2D eigenvalue weighted by atomic mass is 10.1. The monoisotopic (exact) mass is 325 g/mol. The molecule has 0 spiro atoms. The first kappa shape index (κ1) is 16.1. The van der Waals surface area contributed by atoms with E-state index < -0.39 is 5.97 Å². The van der Waals surface area contributed by atoms with Crippen molar-refractivity contribution in [2.75, 3.05) is 13.1 Å². The predicted molar refractivity (Wildman–Crippen MR) is 89.4 cm³/mol. The predicted octanol–water partition coefficient (Wildman–Crippen LogP) is 3.07. The van der Waals surface area contributed by atoms with Gasteiger partial charge in [-0.3, -0.25) is 4.79 Å². The van der Waals surface area contributed by atoms with E-state index in [2.05, 4.69) is 0 Å². The van der Waals surface area contributed by atoms with Crippen LogP contribution in [0.4, 0.5) is 0 Å². The Labute approximate surface area is 140 Å². The van der Waals surface area contributed by atoms with E-state index in [9.17, 15) is 9.59 Å². The Morgan fingerprint density at radius 3 is 2.08 bits per heavy atom. The van der Waals surface area contributed by atoms with Gasteiger partial charge in [-0.25, -0.2) is 4.79 Å². The first-order valence-electron chi connectivity index (χ1n) is 7.98. The number of benzene rings is 2. The largest absolute Gasteiger partial charge is 0.490 e. The number of carbonyl (C=O) groups excluding carboxylic acids is 1. The molecule has 0 aromatic heterocycles. The van der Waals surface area contributed by atoms with Crippen molar-refractivity contribution in [3.63, 3.8) is 0 Å². The maximum atomic E-state index is 12.5. The van der Waals surface area contributed by atoms with E-state index in [1.54, 1.807) is 17.0 Å². The number of ether oxygens (including phenoxy) is 1. The minimum atomic E-state index is -0.993. The quantitative estimate of drug-likeness (QED) is 0.938. The Bertz CT molecular complexity index is 704. The first-order valence-corrected chi connectivity index (χ1v) is 7.98. The van der Waals surface area contributed by atoms with Crippen LogP contribution >= 0.6 is 0 Å². The summed E-state index contributed by atoms with van der Waals surface area (Å²) in [5.74, 6) is -0.204. The summed E-state index contributed by atoms with van der Waals surface area (Å²) in [5.41, 5.74) is 0.698. The normalized spacial score (nSPS) is 15.1. The van der Waals surface area contributed by atoms with Gasteiger partial charge in [0.25, 0.3) is 5.91 Å². The molecule has 1 aliphatic rings. The molecule has 1 N–H and O–H groups in total. The Kier molecular flexibility index (Phi) is 4.79. The Hall–Kier alpha value is -2.82. The summed E-state index contributed by atoms with van der Waals surface area (Å²) in [6.07, 6.45) is 1.69. The highest BCUT2D eigenvalue weighted by Crippen LogP contribution is 2.20. The molecular formula is C19H19NO4. The number of amides is 1. The van der Waals surface area contributed by atoms with Crippen LogP contribution in [-0.4, -0.2) is 41.1 Å². The number of likely N-dealkylation sites (tertiary alicyclic amines) is 1. The Morgan fingerprint density at radius 1 is 0.917 bits per heavy atom. The molecule has 0 saturated carbocycles. The van der Waals surface area contributed by atoms with Crippen LogP contribution < -0.4 is 4.74 Å². The molecule has 124 valence electrons. The summed E-state index contributed by atoms with van der Waals surface area (Å²) >= 11 is 0. The topological polar surface area (TPSA) is 66.8 Å². The number of nitrogens with zero attached hydrogens (tertiary/aromatic N) is 1. The number of hydrogen-bond donors (Lipinski definition) is 1. The molecule has 5 nitrogen and oxygen atoms in total. The lowest BCUT2D eigenvalue weighted by Crippen LogP contribution is -2.41. The van der Waals surface area contributed by atoms with Gasteiger partial charge < -0.3 is 14.7 Å². The van der Waals surface area contributed by atoms with Crippen LogP contribution in [0.3, 0.4) is 0 Å². The summed E-state index contributed by atoms with van der Waals surface area (Å²) in [4.78, 5) is 25.1. The number of aromatic carboxylic acids is 1. The van der Waals surface area contributed by atoms with Crippen molar-refractivity contribution < 1.29 is 19.4 Å². The van der Waals surface area contributed by atoms with E-state index in [1.165, 1.54) is 12.1 Å². The second-order valence-electron chi connectivity index (χ2n) is 5.80. The zero-order valence-corrected chi connectivity index (χ0v) is 13.2. The van der Waals surface area contributed by atoms with Gasteiger partial charge in [0.1, 0.15) is 11.9 Å². The smallest absolute Gasteiger partial charge is 0.335 e. The SMILES string of the molecule is O=C(O)c1ccc(C(=O)N2CCC(Oc3ccccc3)CC2)cc1. The van der Waals surface area contributed by atoms with Crippen molar-refractivity contribution in [3.8, 4) is 5.75 Å². The van der Waals surface area contributed by atoms with Crippen molar-refractivity contribution in [1.29, 1.82) is 0 Å². The maximum absolute atomic E-state index is 12.5. The number of carboxylic acid groups (broad SMARTS) is 1. The number of carboxylic acids is 1.